The van der Waals surface area contributed by atoms with Crippen molar-refractivity contribution in [1.29, 1.82) is 0 Å². The lowest BCUT2D eigenvalue weighted by molar-refractivity contribution is 0.160. The molecule has 0 spiro atoms. The molecule has 112 valence electrons. The Morgan fingerprint density at radius 3 is 2.60 bits per heavy atom. The van der Waals surface area contributed by atoms with Gasteiger partial charge in [-0.1, -0.05) is 6.07 Å². The first-order valence-electron chi connectivity index (χ1n) is 7.43. The molecule has 0 unspecified atom stereocenters. The second-order valence-electron chi connectivity index (χ2n) is 5.78. The Labute approximate surface area is 121 Å². The first kappa shape index (κ1) is 15.1. The van der Waals surface area contributed by atoms with Crippen molar-refractivity contribution in [2.45, 2.75) is 45.3 Å². The fourth-order valence-corrected chi connectivity index (χ4v) is 2.69. The van der Waals surface area contributed by atoms with E-state index in [2.05, 4.69) is 24.1 Å². The molecule has 1 heterocycles. The van der Waals surface area contributed by atoms with Crippen LogP contribution >= 0.6 is 0 Å². The summed E-state index contributed by atoms with van der Waals surface area (Å²) in [6, 6.07) is 6.66. The minimum absolute atomic E-state index is 0.302. The fraction of sp³-hybridized carbons (Fsp3) is 0.625. The molecule has 4 nitrogen and oxygen atoms in total. The topological polar surface area (TPSA) is 44.7 Å². The number of methoxy groups -OCH3 is 1. The molecule has 1 aromatic carbocycles. The lowest BCUT2D eigenvalue weighted by Gasteiger charge is -2.35. The van der Waals surface area contributed by atoms with Crippen molar-refractivity contribution in [1.82, 2.24) is 10.2 Å². The normalized spacial score (nSPS) is 17.6. The lowest BCUT2D eigenvalue weighted by atomic mass is 10.0. The Morgan fingerprint density at radius 2 is 2.05 bits per heavy atom. The van der Waals surface area contributed by atoms with Gasteiger partial charge in [0.15, 0.2) is 0 Å². The molecule has 4 heteroatoms. The number of nitrogens with one attached hydrogen (secondary N) is 1. The average molecular weight is 278 g/mol. The van der Waals surface area contributed by atoms with Gasteiger partial charge in [-0.05, 0) is 45.8 Å². The summed E-state index contributed by atoms with van der Waals surface area (Å²) in [5.74, 6) is 0.993. The minimum atomic E-state index is 0.302. The van der Waals surface area contributed by atoms with Gasteiger partial charge in [0.25, 0.3) is 0 Å². The number of likely N-dealkylation sites (tertiary alicyclic amines) is 1. The van der Waals surface area contributed by atoms with E-state index in [9.17, 15) is 5.11 Å². The van der Waals surface area contributed by atoms with E-state index in [1.165, 1.54) is 12.8 Å². The summed E-state index contributed by atoms with van der Waals surface area (Å²) in [6.45, 7) is 7.53. The predicted octanol–water partition coefficient (Wildman–Crippen LogP) is 2.36. The summed E-state index contributed by atoms with van der Waals surface area (Å²) in [5.41, 5.74) is 0.928. The van der Waals surface area contributed by atoms with E-state index >= 15 is 0 Å². The van der Waals surface area contributed by atoms with Crippen LogP contribution in [0.25, 0.3) is 0 Å². The van der Waals surface area contributed by atoms with E-state index in [1.54, 1.807) is 13.2 Å². The monoisotopic (exact) mass is 278 g/mol. The molecule has 1 aromatic rings. The van der Waals surface area contributed by atoms with E-state index in [1.807, 2.05) is 12.1 Å². The number of aromatic hydroxyl groups is 1. The molecule has 1 aliphatic rings. The van der Waals surface area contributed by atoms with Crippen LogP contribution < -0.4 is 10.1 Å². The van der Waals surface area contributed by atoms with Gasteiger partial charge in [0.2, 0.25) is 0 Å². The number of phenols is 1. The van der Waals surface area contributed by atoms with Gasteiger partial charge in [-0.2, -0.15) is 0 Å². The largest absolute Gasteiger partial charge is 0.507 e. The lowest BCUT2D eigenvalue weighted by Crippen LogP contribution is -2.44. The average Bonchev–Trinajstić information content (AvgIpc) is 2.46. The Hall–Kier alpha value is -1.26. The van der Waals surface area contributed by atoms with Crippen LogP contribution in [0.15, 0.2) is 18.2 Å². The van der Waals surface area contributed by atoms with Crippen LogP contribution in [0.4, 0.5) is 0 Å². The standard InChI is InChI=1S/C16H26N2O2/c1-12(2)18-8-6-14(7-9-18)17-11-13-4-5-15(20-3)10-16(13)19/h4-5,10,12,14,17,19H,6-9,11H2,1-3H3. The summed E-state index contributed by atoms with van der Waals surface area (Å²) < 4.78 is 5.09. The Kier molecular flexibility index (Phi) is 5.26. The number of hydrogen-bond acceptors (Lipinski definition) is 4. The zero-order valence-corrected chi connectivity index (χ0v) is 12.7. The van der Waals surface area contributed by atoms with Crippen molar-refractivity contribution in [3.05, 3.63) is 23.8 Å². The smallest absolute Gasteiger partial charge is 0.123 e. The molecule has 0 atom stereocenters. The second kappa shape index (κ2) is 6.95. The quantitative estimate of drug-likeness (QED) is 0.868. The van der Waals surface area contributed by atoms with Gasteiger partial charge >= 0.3 is 0 Å². The molecule has 1 aliphatic heterocycles. The van der Waals surface area contributed by atoms with Crippen molar-refractivity contribution in [2.75, 3.05) is 20.2 Å². The first-order valence-corrected chi connectivity index (χ1v) is 7.43. The number of hydrogen-bond donors (Lipinski definition) is 2. The van der Waals surface area contributed by atoms with Gasteiger partial charge in [-0.3, -0.25) is 0 Å². The fourth-order valence-electron chi connectivity index (χ4n) is 2.69. The summed E-state index contributed by atoms with van der Waals surface area (Å²) >= 11 is 0. The Balaban J connectivity index is 1.81. The van der Waals surface area contributed by atoms with Crippen molar-refractivity contribution in [2.24, 2.45) is 0 Å². The van der Waals surface area contributed by atoms with Crippen LogP contribution in [0, 0.1) is 0 Å². The molecule has 0 radical (unpaired) electrons. The minimum Gasteiger partial charge on any atom is -0.507 e. The highest BCUT2D eigenvalue weighted by Crippen LogP contribution is 2.23. The molecule has 2 N–H and O–H groups in total. The molecular formula is C16H26N2O2. The van der Waals surface area contributed by atoms with Crippen LogP contribution in [-0.2, 0) is 6.54 Å². The second-order valence-corrected chi connectivity index (χ2v) is 5.78. The molecule has 0 bridgehead atoms. The molecular weight excluding hydrogens is 252 g/mol. The molecule has 0 amide bonds. The molecule has 0 aliphatic carbocycles. The number of rotatable bonds is 5. The Morgan fingerprint density at radius 1 is 1.35 bits per heavy atom. The number of phenolic OH excluding ortho intramolecular Hbond substituents is 1. The summed E-state index contributed by atoms with van der Waals surface area (Å²) in [4.78, 5) is 2.52. The Bertz CT molecular complexity index is 426. The third kappa shape index (κ3) is 3.87. The highest BCUT2D eigenvalue weighted by atomic mass is 16.5. The van der Waals surface area contributed by atoms with Crippen molar-refractivity contribution < 1.29 is 9.84 Å². The van der Waals surface area contributed by atoms with Gasteiger partial charge in [0.05, 0.1) is 7.11 Å². The van der Waals surface area contributed by atoms with Crippen LogP contribution in [0.1, 0.15) is 32.3 Å². The van der Waals surface area contributed by atoms with Crippen LogP contribution in [0.2, 0.25) is 0 Å². The molecule has 2 rings (SSSR count). The maximum absolute atomic E-state index is 9.94. The molecule has 0 aromatic heterocycles. The molecule has 1 fully saturated rings. The zero-order valence-electron chi connectivity index (χ0n) is 12.7. The maximum atomic E-state index is 9.94. The molecule has 20 heavy (non-hydrogen) atoms. The van der Waals surface area contributed by atoms with E-state index in [-0.39, 0.29) is 0 Å². The van der Waals surface area contributed by atoms with E-state index in [0.29, 0.717) is 30.1 Å². The number of nitrogens with zero attached hydrogens (tertiary/aromatic N) is 1. The predicted molar refractivity (Wildman–Crippen MR) is 81.2 cm³/mol. The summed E-state index contributed by atoms with van der Waals surface area (Å²) in [7, 11) is 1.61. The number of piperidine rings is 1. The van der Waals surface area contributed by atoms with E-state index in [0.717, 1.165) is 18.7 Å². The molecule has 0 saturated carbocycles. The van der Waals surface area contributed by atoms with Gasteiger partial charge in [-0.25, -0.2) is 0 Å². The third-order valence-corrected chi connectivity index (χ3v) is 4.13. The number of benzene rings is 1. The van der Waals surface area contributed by atoms with Gasteiger partial charge in [0, 0.05) is 30.3 Å². The third-order valence-electron chi connectivity index (χ3n) is 4.13. The zero-order chi connectivity index (χ0) is 14.5. The van der Waals surface area contributed by atoms with E-state index < -0.39 is 0 Å². The van der Waals surface area contributed by atoms with Gasteiger partial charge in [0.1, 0.15) is 11.5 Å². The number of ether oxygens (including phenoxy) is 1. The van der Waals surface area contributed by atoms with E-state index in [4.69, 9.17) is 4.74 Å². The van der Waals surface area contributed by atoms with Crippen molar-refractivity contribution in [3.8, 4) is 11.5 Å². The van der Waals surface area contributed by atoms with Crippen LogP contribution in [0.3, 0.4) is 0 Å². The maximum Gasteiger partial charge on any atom is 0.123 e. The summed E-state index contributed by atoms with van der Waals surface area (Å²) in [6.07, 6.45) is 2.35. The molecule has 1 saturated heterocycles. The highest BCUT2D eigenvalue weighted by molar-refractivity contribution is 5.39. The highest BCUT2D eigenvalue weighted by Gasteiger charge is 2.20. The first-order chi connectivity index (χ1) is 9.60. The van der Waals surface area contributed by atoms with Crippen molar-refractivity contribution in [3.63, 3.8) is 0 Å². The van der Waals surface area contributed by atoms with Crippen molar-refractivity contribution >= 4 is 0 Å². The van der Waals surface area contributed by atoms with Crippen LogP contribution in [-0.4, -0.2) is 42.3 Å². The van der Waals surface area contributed by atoms with Gasteiger partial charge < -0.3 is 20.1 Å². The van der Waals surface area contributed by atoms with Crippen LogP contribution in [0.5, 0.6) is 11.5 Å². The summed E-state index contributed by atoms with van der Waals surface area (Å²) in [5, 5.41) is 13.5. The SMILES string of the molecule is COc1ccc(CNC2CCN(C(C)C)CC2)c(O)c1. The van der Waals surface area contributed by atoms with Gasteiger partial charge in [-0.15, -0.1) is 0 Å².